The molecule has 0 bridgehead atoms. The average molecular weight is 379 g/mol. The van der Waals surface area contributed by atoms with Gasteiger partial charge in [-0.25, -0.2) is 9.55 Å². The van der Waals surface area contributed by atoms with E-state index in [9.17, 15) is 0 Å². The molecule has 0 unspecified atom stereocenters. The van der Waals surface area contributed by atoms with Gasteiger partial charge in [0, 0.05) is 22.5 Å². The van der Waals surface area contributed by atoms with E-state index < -0.39 is 0 Å². The molecule has 142 valence electrons. The summed E-state index contributed by atoms with van der Waals surface area (Å²) < 4.78 is 8.53. The maximum absolute atomic E-state index is 6.34. The van der Waals surface area contributed by atoms with Crippen LogP contribution in [0.2, 0.25) is 0 Å². The van der Waals surface area contributed by atoms with Gasteiger partial charge in [0.2, 0.25) is 11.4 Å². The van der Waals surface area contributed by atoms with E-state index in [1.165, 1.54) is 22.3 Å². The molecule has 2 aromatic carbocycles. The number of aryl methyl sites for hydroxylation is 4. The van der Waals surface area contributed by atoms with Crippen LogP contribution in [0, 0.1) is 20.8 Å². The van der Waals surface area contributed by atoms with Crippen molar-refractivity contribution in [2.24, 2.45) is 7.05 Å². The van der Waals surface area contributed by atoms with E-state index in [0.717, 1.165) is 33.3 Å². The number of pyridine rings is 2. The molecular weight excluding hydrogens is 356 g/mol. The van der Waals surface area contributed by atoms with E-state index in [0.29, 0.717) is 5.71 Å². The topological polar surface area (TPSA) is 29.9 Å². The Morgan fingerprint density at radius 2 is 1.69 bits per heavy atom. The van der Waals surface area contributed by atoms with Crippen molar-refractivity contribution in [2.75, 3.05) is 0 Å². The van der Waals surface area contributed by atoms with Crippen LogP contribution >= 0.6 is 0 Å². The zero-order valence-electron chi connectivity index (χ0n) is 17.2. The number of hydrogen-bond donors (Lipinski definition) is 0. The molecule has 5 aromatic rings. The third-order valence-electron chi connectivity index (χ3n) is 5.60. The number of aromatic nitrogens is 2. The van der Waals surface area contributed by atoms with E-state index in [-0.39, 0.29) is 0 Å². The quantitative estimate of drug-likeness (QED) is 0.349. The van der Waals surface area contributed by atoms with Gasteiger partial charge in [0.1, 0.15) is 7.05 Å². The van der Waals surface area contributed by atoms with Gasteiger partial charge in [-0.15, -0.1) is 0 Å². The number of rotatable bonds is 2. The smallest absolute Gasteiger partial charge is 0.227 e. The van der Waals surface area contributed by atoms with E-state index >= 15 is 0 Å². The van der Waals surface area contributed by atoms with Gasteiger partial charge in [-0.3, -0.25) is 0 Å². The van der Waals surface area contributed by atoms with Gasteiger partial charge in [0.25, 0.3) is 0 Å². The summed E-state index contributed by atoms with van der Waals surface area (Å²) in [6.07, 6.45) is 2.10. The monoisotopic (exact) mass is 379 g/mol. The summed E-state index contributed by atoms with van der Waals surface area (Å²) in [7, 11) is 2.10. The van der Waals surface area contributed by atoms with Crippen molar-refractivity contribution in [3.05, 3.63) is 83.7 Å². The van der Waals surface area contributed by atoms with Gasteiger partial charge < -0.3 is 4.42 Å². The summed E-state index contributed by atoms with van der Waals surface area (Å²) in [4.78, 5) is 4.62. The van der Waals surface area contributed by atoms with Crippen molar-refractivity contribution in [2.45, 2.75) is 20.8 Å². The highest BCUT2D eigenvalue weighted by Gasteiger charge is 2.24. The van der Waals surface area contributed by atoms with Crippen LogP contribution in [-0.2, 0) is 7.05 Å². The lowest BCUT2D eigenvalue weighted by molar-refractivity contribution is -0.659. The lowest BCUT2D eigenvalue weighted by Crippen LogP contribution is -2.31. The standard InChI is InChI=1S/C26H23N2O/c1-16-7-5-8-19(15-16)20-9-6-14-28(4)24(20)23-17(2)10-12-21-22-13-11-18(3)27-26(22)29-25(21)23/h5-15H,1-4H3/q+1. The summed E-state index contributed by atoms with van der Waals surface area (Å²) in [6, 6.07) is 21.4. The van der Waals surface area contributed by atoms with Crippen LogP contribution in [0.4, 0.5) is 0 Å². The second-order valence-corrected chi connectivity index (χ2v) is 7.79. The molecule has 0 spiro atoms. The Hall–Kier alpha value is -3.46. The maximum Gasteiger partial charge on any atom is 0.227 e. The summed E-state index contributed by atoms with van der Waals surface area (Å²) in [5.74, 6) is 0. The van der Waals surface area contributed by atoms with Crippen LogP contribution in [0.15, 0.2) is 71.3 Å². The first-order valence-electron chi connectivity index (χ1n) is 9.88. The normalized spacial score (nSPS) is 11.4. The summed E-state index contributed by atoms with van der Waals surface area (Å²) in [5, 5.41) is 2.16. The second-order valence-electron chi connectivity index (χ2n) is 7.79. The molecule has 3 nitrogen and oxygen atoms in total. The first-order chi connectivity index (χ1) is 14.0. The fourth-order valence-electron chi connectivity index (χ4n) is 4.17. The summed E-state index contributed by atoms with van der Waals surface area (Å²) >= 11 is 0. The first-order valence-corrected chi connectivity index (χ1v) is 9.88. The van der Waals surface area contributed by atoms with Crippen LogP contribution in [0.3, 0.4) is 0 Å². The second kappa shape index (κ2) is 6.56. The van der Waals surface area contributed by atoms with Crippen molar-refractivity contribution in [1.29, 1.82) is 0 Å². The Morgan fingerprint density at radius 1 is 0.862 bits per heavy atom. The van der Waals surface area contributed by atoms with E-state index in [1.54, 1.807) is 0 Å². The zero-order chi connectivity index (χ0) is 20.1. The minimum Gasteiger partial charge on any atom is -0.437 e. The van der Waals surface area contributed by atoms with Crippen molar-refractivity contribution in [3.63, 3.8) is 0 Å². The molecule has 0 saturated carbocycles. The summed E-state index contributed by atoms with van der Waals surface area (Å²) in [5.41, 5.74) is 9.66. The molecule has 3 heterocycles. The Morgan fingerprint density at radius 3 is 2.52 bits per heavy atom. The zero-order valence-corrected chi connectivity index (χ0v) is 17.2. The molecule has 29 heavy (non-hydrogen) atoms. The molecule has 0 atom stereocenters. The lowest BCUT2D eigenvalue weighted by Gasteiger charge is -2.11. The molecule has 0 radical (unpaired) electrons. The highest BCUT2D eigenvalue weighted by atomic mass is 16.3. The Labute approximate surface area is 170 Å². The SMILES string of the molecule is Cc1cccc(-c2ccc[n+](C)c2-c2c(C)ccc3c2oc2nc(C)ccc23)c1. The van der Waals surface area contributed by atoms with Crippen molar-refractivity contribution in [3.8, 4) is 22.4 Å². The molecule has 0 N–H and O–H groups in total. The van der Waals surface area contributed by atoms with Gasteiger partial charge in [0.05, 0.1) is 11.1 Å². The van der Waals surface area contributed by atoms with E-state index in [2.05, 4.69) is 91.2 Å². The highest BCUT2D eigenvalue weighted by Crippen LogP contribution is 2.39. The van der Waals surface area contributed by atoms with Crippen LogP contribution in [0.5, 0.6) is 0 Å². The predicted molar refractivity (Wildman–Crippen MR) is 118 cm³/mol. The van der Waals surface area contributed by atoms with Crippen LogP contribution in [-0.4, -0.2) is 4.98 Å². The summed E-state index contributed by atoms with van der Waals surface area (Å²) in [6.45, 7) is 6.27. The van der Waals surface area contributed by atoms with Crippen molar-refractivity contribution >= 4 is 22.1 Å². The largest absolute Gasteiger partial charge is 0.437 e. The van der Waals surface area contributed by atoms with Crippen LogP contribution < -0.4 is 4.57 Å². The number of hydrogen-bond acceptors (Lipinski definition) is 2. The number of nitrogens with zero attached hydrogens (tertiary/aromatic N) is 2. The van der Waals surface area contributed by atoms with Gasteiger partial charge in [-0.05, 0) is 50.1 Å². The molecule has 0 amide bonds. The fourth-order valence-corrected chi connectivity index (χ4v) is 4.17. The number of furan rings is 1. The molecule has 5 rings (SSSR count). The molecule has 0 saturated heterocycles. The van der Waals surface area contributed by atoms with Gasteiger partial charge >= 0.3 is 0 Å². The Balaban J connectivity index is 1.89. The van der Waals surface area contributed by atoms with Gasteiger partial charge in [-0.2, -0.15) is 0 Å². The Kier molecular flexibility index (Phi) is 3.99. The Bertz CT molecular complexity index is 1400. The van der Waals surface area contributed by atoms with Crippen molar-refractivity contribution < 1.29 is 8.98 Å². The molecule has 0 aliphatic carbocycles. The lowest BCUT2D eigenvalue weighted by atomic mass is 9.94. The predicted octanol–water partition coefficient (Wildman–Crippen LogP) is 6.06. The molecule has 0 aliphatic rings. The highest BCUT2D eigenvalue weighted by molar-refractivity contribution is 6.09. The molecular formula is C26H23N2O+. The van der Waals surface area contributed by atoms with Crippen LogP contribution in [0.25, 0.3) is 44.5 Å². The molecule has 0 aliphatic heterocycles. The molecule has 0 fully saturated rings. The fraction of sp³-hybridized carbons (Fsp3) is 0.154. The minimum absolute atomic E-state index is 0.697. The molecule has 3 heteroatoms. The maximum atomic E-state index is 6.34. The number of benzene rings is 2. The van der Waals surface area contributed by atoms with Gasteiger partial charge in [0.15, 0.2) is 11.8 Å². The average Bonchev–Trinajstić information content (AvgIpc) is 3.05. The van der Waals surface area contributed by atoms with Gasteiger partial charge in [-0.1, -0.05) is 42.0 Å². The van der Waals surface area contributed by atoms with Crippen LogP contribution in [0.1, 0.15) is 16.8 Å². The van der Waals surface area contributed by atoms with Crippen molar-refractivity contribution in [1.82, 2.24) is 4.98 Å². The van der Waals surface area contributed by atoms with E-state index in [1.807, 2.05) is 13.0 Å². The van der Waals surface area contributed by atoms with E-state index in [4.69, 9.17) is 4.42 Å². The number of fused-ring (bicyclic) bond motifs is 3. The third kappa shape index (κ3) is 2.82. The first kappa shape index (κ1) is 17.6. The minimum atomic E-state index is 0.697. The molecule has 3 aromatic heterocycles. The third-order valence-corrected chi connectivity index (χ3v) is 5.60.